The predicted molar refractivity (Wildman–Crippen MR) is 103 cm³/mol. The fourth-order valence-electron chi connectivity index (χ4n) is 3.42. The Kier molecular flexibility index (Phi) is 5.09. The lowest BCUT2D eigenvalue weighted by molar-refractivity contribution is 0.249. The zero-order valence-electron chi connectivity index (χ0n) is 14.6. The van der Waals surface area contributed by atoms with Gasteiger partial charge in [0, 0.05) is 48.9 Å². The van der Waals surface area contributed by atoms with Gasteiger partial charge in [0.05, 0.1) is 17.6 Å². The highest BCUT2D eigenvalue weighted by Gasteiger charge is 2.21. The van der Waals surface area contributed by atoms with Crippen molar-refractivity contribution in [2.45, 2.75) is 6.54 Å². The molecule has 0 unspecified atom stereocenters. The minimum atomic E-state index is -0.288. The van der Waals surface area contributed by atoms with E-state index in [2.05, 4.69) is 15.1 Å². The molecule has 0 spiro atoms. The summed E-state index contributed by atoms with van der Waals surface area (Å²) < 4.78 is 27.3. The second-order valence-electron chi connectivity index (χ2n) is 6.64. The molecule has 4 rings (SSSR count). The Morgan fingerprint density at radius 1 is 1.00 bits per heavy atom. The van der Waals surface area contributed by atoms with E-state index in [9.17, 15) is 8.78 Å². The number of nitrogens with zero attached hydrogens (tertiary/aromatic N) is 3. The van der Waals surface area contributed by atoms with Crippen LogP contribution in [-0.2, 0) is 6.54 Å². The van der Waals surface area contributed by atoms with E-state index in [-0.39, 0.29) is 11.6 Å². The van der Waals surface area contributed by atoms with Crippen molar-refractivity contribution < 1.29 is 8.78 Å². The Labute approximate surface area is 161 Å². The van der Waals surface area contributed by atoms with Crippen LogP contribution in [0.1, 0.15) is 5.56 Å². The largest absolute Gasteiger partial charge is 0.367 e. The maximum absolute atomic E-state index is 14.1. The van der Waals surface area contributed by atoms with Gasteiger partial charge in [-0.05, 0) is 42.5 Å². The van der Waals surface area contributed by atoms with Gasteiger partial charge in [0.15, 0.2) is 0 Å². The summed E-state index contributed by atoms with van der Waals surface area (Å²) >= 11 is 5.84. The Balaban J connectivity index is 1.41. The monoisotopic (exact) mass is 388 g/mol. The number of H-pyrrole nitrogens is 1. The Hall–Kier alpha value is -2.44. The molecule has 3 aromatic rings. The minimum absolute atomic E-state index is 0.259. The third kappa shape index (κ3) is 3.96. The van der Waals surface area contributed by atoms with Gasteiger partial charge in [-0.15, -0.1) is 0 Å². The molecule has 140 valence electrons. The Morgan fingerprint density at radius 3 is 2.44 bits per heavy atom. The summed E-state index contributed by atoms with van der Waals surface area (Å²) in [5.41, 5.74) is 3.47. The number of hydrogen-bond acceptors (Lipinski definition) is 3. The Bertz CT molecular complexity index is 918. The van der Waals surface area contributed by atoms with Crippen LogP contribution in [-0.4, -0.2) is 41.3 Å². The molecule has 0 aliphatic carbocycles. The summed E-state index contributed by atoms with van der Waals surface area (Å²) in [6.45, 7) is 3.84. The van der Waals surface area contributed by atoms with Crippen LogP contribution in [0.25, 0.3) is 11.3 Å². The molecule has 27 heavy (non-hydrogen) atoms. The first-order valence-electron chi connectivity index (χ1n) is 8.81. The molecule has 0 atom stereocenters. The van der Waals surface area contributed by atoms with Gasteiger partial charge in [-0.1, -0.05) is 11.6 Å². The molecule has 1 fully saturated rings. The fraction of sp³-hybridized carbons (Fsp3) is 0.250. The van der Waals surface area contributed by atoms with Crippen molar-refractivity contribution in [3.8, 4) is 11.3 Å². The normalized spacial score (nSPS) is 15.3. The second kappa shape index (κ2) is 7.66. The molecule has 2 heterocycles. The van der Waals surface area contributed by atoms with Crippen molar-refractivity contribution >= 4 is 17.3 Å². The number of nitrogens with one attached hydrogen (secondary N) is 1. The van der Waals surface area contributed by atoms with Crippen molar-refractivity contribution in [2.75, 3.05) is 31.1 Å². The summed E-state index contributed by atoms with van der Waals surface area (Å²) in [5, 5.41) is 7.56. The van der Waals surface area contributed by atoms with Crippen molar-refractivity contribution in [1.29, 1.82) is 0 Å². The van der Waals surface area contributed by atoms with Gasteiger partial charge in [-0.25, -0.2) is 8.78 Å². The Morgan fingerprint density at radius 2 is 1.74 bits per heavy atom. The molecular weight excluding hydrogens is 370 g/mol. The number of halogens is 3. The average molecular weight is 389 g/mol. The molecule has 1 aromatic heterocycles. The number of aromatic nitrogens is 2. The molecule has 1 N–H and O–H groups in total. The van der Waals surface area contributed by atoms with Crippen LogP contribution in [0.4, 0.5) is 14.5 Å². The molecule has 0 amide bonds. The first-order chi connectivity index (χ1) is 13.1. The summed E-state index contributed by atoms with van der Waals surface area (Å²) in [7, 11) is 0. The van der Waals surface area contributed by atoms with E-state index in [1.165, 1.54) is 18.2 Å². The van der Waals surface area contributed by atoms with E-state index in [1.807, 2.05) is 11.1 Å². The van der Waals surface area contributed by atoms with Gasteiger partial charge in [-0.2, -0.15) is 5.10 Å². The third-order valence-corrected chi connectivity index (χ3v) is 5.10. The van der Waals surface area contributed by atoms with E-state index in [0.717, 1.165) is 49.5 Å². The zero-order valence-corrected chi connectivity index (χ0v) is 15.4. The number of aromatic amines is 1. The molecule has 4 nitrogen and oxygen atoms in total. The summed E-state index contributed by atoms with van der Waals surface area (Å²) in [6.07, 6.45) is 1.81. The van der Waals surface area contributed by atoms with Crippen LogP contribution >= 0.6 is 11.6 Å². The van der Waals surface area contributed by atoms with Crippen LogP contribution < -0.4 is 4.90 Å². The first-order valence-corrected chi connectivity index (χ1v) is 9.18. The molecule has 0 saturated carbocycles. The second-order valence-corrected chi connectivity index (χ2v) is 7.07. The van der Waals surface area contributed by atoms with E-state index in [4.69, 9.17) is 11.6 Å². The average Bonchev–Trinajstić information content (AvgIpc) is 3.11. The van der Waals surface area contributed by atoms with Gasteiger partial charge in [-0.3, -0.25) is 10.00 Å². The van der Waals surface area contributed by atoms with Crippen LogP contribution in [0.3, 0.4) is 0 Å². The maximum atomic E-state index is 14.1. The first kappa shape index (κ1) is 17.9. The quantitative estimate of drug-likeness (QED) is 0.722. The zero-order chi connectivity index (χ0) is 18.8. The molecule has 2 aromatic carbocycles. The molecule has 0 radical (unpaired) electrons. The smallest absolute Gasteiger partial charge is 0.147 e. The van der Waals surface area contributed by atoms with E-state index >= 15 is 0 Å². The van der Waals surface area contributed by atoms with Crippen LogP contribution in [0.15, 0.2) is 48.7 Å². The minimum Gasteiger partial charge on any atom is -0.367 e. The summed E-state index contributed by atoms with van der Waals surface area (Å²) in [5.74, 6) is -0.547. The number of hydrogen-bond donors (Lipinski definition) is 1. The highest BCUT2D eigenvalue weighted by atomic mass is 35.5. The van der Waals surface area contributed by atoms with E-state index in [0.29, 0.717) is 10.7 Å². The van der Waals surface area contributed by atoms with Crippen molar-refractivity contribution in [1.82, 2.24) is 15.1 Å². The fourth-order valence-corrected chi connectivity index (χ4v) is 3.58. The molecule has 7 heteroatoms. The number of benzene rings is 2. The van der Waals surface area contributed by atoms with Crippen molar-refractivity contribution in [3.63, 3.8) is 0 Å². The van der Waals surface area contributed by atoms with Crippen LogP contribution in [0.5, 0.6) is 0 Å². The van der Waals surface area contributed by atoms with Crippen LogP contribution in [0.2, 0.25) is 5.02 Å². The SMILES string of the molecule is Fc1ccc(-c2[nH]ncc2CN2CCN(c3ccc(Cl)cc3F)CC2)cc1. The lowest BCUT2D eigenvalue weighted by Crippen LogP contribution is -2.46. The molecule has 1 aliphatic heterocycles. The highest BCUT2D eigenvalue weighted by Crippen LogP contribution is 2.26. The van der Waals surface area contributed by atoms with Crippen molar-refractivity contribution in [2.24, 2.45) is 0 Å². The molecular formula is C20H19ClF2N4. The number of anilines is 1. The lowest BCUT2D eigenvalue weighted by Gasteiger charge is -2.36. The standard InChI is InChI=1S/C20H19ClF2N4/c21-16-3-6-19(18(23)11-16)27-9-7-26(8-10-27)13-15-12-24-25-20(15)14-1-4-17(22)5-2-14/h1-6,11-12H,7-10,13H2,(H,24,25). The van der Waals surface area contributed by atoms with Crippen LogP contribution in [0, 0.1) is 11.6 Å². The van der Waals surface area contributed by atoms with Gasteiger partial charge < -0.3 is 4.90 Å². The maximum Gasteiger partial charge on any atom is 0.147 e. The van der Waals surface area contributed by atoms with Gasteiger partial charge in [0.2, 0.25) is 0 Å². The predicted octanol–water partition coefficient (Wildman–Crippen LogP) is 4.33. The third-order valence-electron chi connectivity index (χ3n) is 4.87. The van der Waals surface area contributed by atoms with Crippen molar-refractivity contribution in [3.05, 3.63) is 70.9 Å². The van der Waals surface area contributed by atoms with Gasteiger partial charge >= 0.3 is 0 Å². The lowest BCUT2D eigenvalue weighted by atomic mass is 10.1. The molecule has 1 aliphatic rings. The van der Waals surface area contributed by atoms with E-state index in [1.54, 1.807) is 24.3 Å². The topological polar surface area (TPSA) is 35.2 Å². The number of piperazine rings is 1. The summed E-state index contributed by atoms with van der Waals surface area (Å²) in [4.78, 5) is 4.35. The van der Waals surface area contributed by atoms with Gasteiger partial charge in [0.1, 0.15) is 11.6 Å². The van der Waals surface area contributed by atoms with Gasteiger partial charge in [0.25, 0.3) is 0 Å². The molecule has 1 saturated heterocycles. The number of rotatable bonds is 4. The molecule has 0 bridgehead atoms. The highest BCUT2D eigenvalue weighted by molar-refractivity contribution is 6.30. The van der Waals surface area contributed by atoms with E-state index < -0.39 is 0 Å². The summed E-state index contributed by atoms with van der Waals surface area (Å²) in [6, 6.07) is 11.2.